The highest BCUT2D eigenvalue weighted by atomic mass is 35.5. The van der Waals surface area contributed by atoms with Crippen molar-refractivity contribution in [2.75, 3.05) is 13.2 Å². The van der Waals surface area contributed by atoms with Crippen molar-refractivity contribution in [3.05, 3.63) is 94.2 Å². The average Bonchev–Trinajstić information content (AvgIpc) is 3.16. The monoisotopic (exact) mass is 467 g/mol. The van der Waals surface area contributed by atoms with E-state index in [4.69, 9.17) is 32.9 Å². The van der Waals surface area contributed by atoms with Crippen molar-refractivity contribution in [1.82, 2.24) is 14.9 Å². The molecule has 0 aliphatic rings. The molecular formula is C25H23Cl2N3O2. The van der Waals surface area contributed by atoms with Crippen molar-refractivity contribution in [3.8, 4) is 5.75 Å². The zero-order valence-electron chi connectivity index (χ0n) is 17.4. The number of hydrogen-bond donors (Lipinski definition) is 1. The van der Waals surface area contributed by atoms with Gasteiger partial charge in [-0.05, 0) is 42.8 Å². The topological polar surface area (TPSA) is 56.1 Å². The Balaban J connectivity index is 1.39. The predicted octanol–water partition coefficient (Wildman–Crippen LogP) is 5.52. The molecule has 0 saturated carbocycles. The Morgan fingerprint density at radius 2 is 1.66 bits per heavy atom. The highest BCUT2D eigenvalue weighted by Crippen LogP contribution is 2.27. The van der Waals surface area contributed by atoms with E-state index in [2.05, 4.69) is 9.88 Å². The molecule has 7 heteroatoms. The molecule has 5 nitrogen and oxygen atoms in total. The number of imidazole rings is 1. The average molecular weight is 468 g/mol. The standard InChI is InChI=1S/C25H23Cl2N3O2/c26-20-10-6-11-21(27)19(20)16-30-23-13-5-4-12-22(23)29-24(30)14-7-15-28-25(31)17-32-18-8-2-1-3-9-18/h1-6,8-13H,7,14-17H2,(H,28,31). The van der Waals surface area contributed by atoms with Gasteiger partial charge < -0.3 is 14.6 Å². The molecule has 4 rings (SSSR count). The second kappa shape index (κ2) is 10.5. The van der Waals surface area contributed by atoms with Gasteiger partial charge in [-0.1, -0.05) is 59.6 Å². The van der Waals surface area contributed by atoms with Crippen LogP contribution in [0.25, 0.3) is 11.0 Å². The molecule has 1 N–H and O–H groups in total. The normalized spacial score (nSPS) is 10.9. The third-order valence-electron chi connectivity index (χ3n) is 5.12. The Labute approximate surface area is 196 Å². The van der Waals surface area contributed by atoms with Crippen molar-refractivity contribution in [1.29, 1.82) is 0 Å². The number of rotatable bonds is 9. The molecule has 0 spiro atoms. The molecule has 0 radical (unpaired) electrons. The van der Waals surface area contributed by atoms with Crippen molar-refractivity contribution in [3.63, 3.8) is 0 Å². The van der Waals surface area contributed by atoms with Gasteiger partial charge in [0.25, 0.3) is 5.91 Å². The number of carbonyl (C=O) groups is 1. The number of nitrogens with zero attached hydrogens (tertiary/aromatic N) is 2. The summed E-state index contributed by atoms with van der Waals surface area (Å²) in [6, 6.07) is 22.8. The number of nitrogens with one attached hydrogen (secondary N) is 1. The van der Waals surface area contributed by atoms with Gasteiger partial charge in [-0.2, -0.15) is 0 Å². The van der Waals surface area contributed by atoms with E-state index in [1.807, 2.05) is 72.8 Å². The van der Waals surface area contributed by atoms with Crippen LogP contribution in [0.1, 0.15) is 17.8 Å². The first-order valence-electron chi connectivity index (χ1n) is 10.4. The smallest absolute Gasteiger partial charge is 0.257 e. The number of amides is 1. The number of para-hydroxylation sites is 3. The SMILES string of the molecule is O=C(COc1ccccc1)NCCCc1nc2ccccc2n1Cc1c(Cl)cccc1Cl. The largest absolute Gasteiger partial charge is 0.484 e. The van der Waals surface area contributed by atoms with Crippen molar-refractivity contribution in [2.45, 2.75) is 19.4 Å². The summed E-state index contributed by atoms with van der Waals surface area (Å²) in [5, 5.41) is 4.16. The van der Waals surface area contributed by atoms with Gasteiger partial charge >= 0.3 is 0 Å². The molecule has 0 unspecified atom stereocenters. The molecule has 0 saturated heterocycles. The lowest BCUT2D eigenvalue weighted by molar-refractivity contribution is -0.123. The van der Waals surface area contributed by atoms with Crippen LogP contribution in [0, 0.1) is 0 Å². The van der Waals surface area contributed by atoms with Crippen molar-refractivity contribution < 1.29 is 9.53 Å². The van der Waals surface area contributed by atoms with E-state index in [0.29, 0.717) is 35.3 Å². The lowest BCUT2D eigenvalue weighted by atomic mass is 10.2. The van der Waals surface area contributed by atoms with Crippen LogP contribution >= 0.6 is 23.2 Å². The molecule has 0 fully saturated rings. The van der Waals surface area contributed by atoms with E-state index in [1.165, 1.54) is 0 Å². The zero-order valence-corrected chi connectivity index (χ0v) is 18.9. The summed E-state index contributed by atoms with van der Waals surface area (Å²) in [6.45, 7) is 1.06. The Bertz CT molecular complexity index is 1190. The molecule has 0 bridgehead atoms. The van der Waals surface area contributed by atoms with E-state index in [0.717, 1.165) is 28.8 Å². The second-order valence-corrected chi connectivity index (χ2v) is 8.17. The Morgan fingerprint density at radius 3 is 2.44 bits per heavy atom. The van der Waals surface area contributed by atoms with Gasteiger partial charge in [0.2, 0.25) is 0 Å². The summed E-state index contributed by atoms with van der Waals surface area (Å²) in [5.74, 6) is 1.46. The summed E-state index contributed by atoms with van der Waals surface area (Å²) in [5.41, 5.74) is 2.82. The molecule has 164 valence electrons. The minimum atomic E-state index is -0.148. The molecule has 32 heavy (non-hydrogen) atoms. The third kappa shape index (κ3) is 5.42. The van der Waals surface area contributed by atoms with E-state index in [1.54, 1.807) is 0 Å². The maximum atomic E-state index is 12.1. The number of ether oxygens (including phenoxy) is 1. The highest BCUT2D eigenvalue weighted by molar-refractivity contribution is 6.36. The predicted molar refractivity (Wildman–Crippen MR) is 129 cm³/mol. The van der Waals surface area contributed by atoms with Crippen LogP contribution in [0.5, 0.6) is 5.75 Å². The molecule has 3 aromatic carbocycles. The molecule has 4 aromatic rings. The fourth-order valence-electron chi connectivity index (χ4n) is 3.53. The number of aromatic nitrogens is 2. The van der Waals surface area contributed by atoms with Gasteiger partial charge in [0, 0.05) is 28.6 Å². The van der Waals surface area contributed by atoms with Crippen LogP contribution < -0.4 is 10.1 Å². The lowest BCUT2D eigenvalue weighted by Gasteiger charge is -2.12. The molecule has 1 aromatic heterocycles. The van der Waals surface area contributed by atoms with Gasteiger partial charge in [-0.3, -0.25) is 4.79 Å². The van der Waals surface area contributed by atoms with Gasteiger partial charge in [0.15, 0.2) is 6.61 Å². The third-order valence-corrected chi connectivity index (χ3v) is 5.83. The van der Waals surface area contributed by atoms with Crippen LogP contribution in [0.3, 0.4) is 0 Å². The Morgan fingerprint density at radius 1 is 0.938 bits per heavy atom. The molecule has 0 aliphatic carbocycles. The second-order valence-electron chi connectivity index (χ2n) is 7.36. The maximum absolute atomic E-state index is 12.1. The van der Waals surface area contributed by atoms with Gasteiger partial charge in [-0.25, -0.2) is 4.98 Å². The molecular weight excluding hydrogens is 445 g/mol. The minimum absolute atomic E-state index is 0.00642. The summed E-state index contributed by atoms with van der Waals surface area (Å²) in [7, 11) is 0. The Kier molecular flexibility index (Phi) is 7.30. The molecule has 0 aliphatic heterocycles. The van der Waals surface area contributed by atoms with E-state index in [9.17, 15) is 4.79 Å². The number of carbonyl (C=O) groups excluding carboxylic acids is 1. The molecule has 1 heterocycles. The van der Waals surface area contributed by atoms with Crippen molar-refractivity contribution >= 4 is 40.1 Å². The number of hydrogen-bond acceptors (Lipinski definition) is 3. The first-order valence-corrected chi connectivity index (χ1v) is 11.2. The van der Waals surface area contributed by atoms with Crippen LogP contribution in [-0.4, -0.2) is 28.6 Å². The summed E-state index contributed by atoms with van der Waals surface area (Å²) >= 11 is 12.8. The van der Waals surface area contributed by atoms with E-state index < -0.39 is 0 Å². The first kappa shape index (κ1) is 22.2. The summed E-state index contributed by atoms with van der Waals surface area (Å²) in [6.07, 6.45) is 1.45. The zero-order chi connectivity index (χ0) is 22.3. The Hall–Kier alpha value is -3.02. The minimum Gasteiger partial charge on any atom is -0.484 e. The number of halogens is 2. The number of aryl methyl sites for hydroxylation is 1. The summed E-state index contributed by atoms with van der Waals surface area (Å²) < 4.78 is 7.62. The lowest BCUT2D eigenvalue weighted by Crippen LogP contribution is -2.30. The fraction of sp³-hybridized carbons (Fsp3) is 0.200. The van der Waals surface area contributed by atoms with Crippen LogP contribution in [0.4, 0.5) is 0 Å². The quantitative estimate of drug-likeness (QED) is 0.329. The van der Waals surface area contributed by atoms with Crippen molar-refractivity contribution in [2.24, 2.45) is 0 Å². The van der Waals surface area contributed by atoms with Crippen LogP contribution in [0.2, 0.25) is 10.0 Å². The number of benzene rings is 3. The first-order chi connectivity index (χ1) is 15.6. The number of fused-ring (bicyclic) bond motifs is 1. The van der Waals surface area contributed by atoms with Gasteiger partial charge in [0.05, 0.1) is 17.6 Å². The molecule has 0 atom stereocenters. The fourth-order valence-corrected chi connectivity index (χ4v) is 4.04. The molecule has 1 amide bonds. The van der Waals surface area contributed by atoms with Gasteiger partial charge in [0.1, 0.15) is 11.6 Å². The maximum Gasteiger partial charge on any atom is 0.257 e. The van der Waals surface area contributed by atoms with Crippen LogP contribution in [-0.2, 0) is 17.8 Å². The summed E-state index contributed by atoms with van der Waals surface area (Å²) in [4.78, 5) is 16.9. The van der Waals surface area contributed by atoms with Crippen LogP contribution in [0.15, 0.2) is 72.8 Å². The van der Waals surface area contributed by atoms with E-state index in [-0.39, 0.29) is 12.5 Å². The van der Waals surface area contributed by atoms with Gasteiger partial charge in [-0.15, -0.1) is 0 Å². The highest BCUT2D eigenvalue weighted by Gasteiger charge is 2.14. The van der Waals surface area contributed by atoms with E-state index >= 15 is 0 Å².